The number of nitrogens with zero attached hydrogens (tertiary/aromatic N) is 2. The summed E-state index contributed by atoms with van der Waals surface area (Å²) in [5, 5.41) is 8.32. The Hall–Kier alpha value is -2.75. The number of rotatable bonds is 6. The Kier molecular flexibility index (Phi) is 7.89. The SMILES string of the molecule is CC(=O)Nc1ccc(NC(=O)N(S)c2ccc(NC(=O)CN(C)C)c(Cl)c2)cc1. The number of hydrogen-bond donors (Lipinski definition) is 4. The van der Waals surface area contributed by atoms with Crippen LogP contribution in [0.3, 0.4) is 0 Å². The number of urea groups is 1. The Bertz CT molecular complexity index is 905. The quantitative estimate of drug-likeness (QED) is 0.520. The summed E-state index contributed by atoms with van der Waals surface area (Å²) in [5.74, 6) is -0.380. The molecule has 0 heterocycles. The topological polar surface area (TPSA) is 93.8 Å². The van der Waals surface area contributed by atoms with Gasteiger partial charge in [0, 0.05) is 18.3 Å². The van der Waals surface area contributed by atoms with Gasteiger partial charge in [-0.2, -0.15) is 0 Å². The van der Waals surface area contributed by atoms with Crippen LogP contribution in [0, 0.1) is 0 Å². The molecule has 0 spiro atoms. The van der Waals surface area contributed by atoms with E-state index in [0.717, 1.165) is 4.31 Å². The van der Waals surface area contributed by atoms with Crippen LogP contribution in [0.2, 0.25) is 5.02 Å². The molecule has 2 rings (SSSR count). The minimum absolute atomic E-state index is 0.179. The molecule has 0 aliphatic carbocycles. The molecule has 0 fully saturated rings. The van der Waals surface area contributed by atoms with E-state index in [9.17, 15) is 14.4 Å². The fourth-order valence-corrected chi connectivity index (χ4v) is 2.74. The van der Waals surface area contributed by atoms with Crippen LogP contribution >= 0.6 is 24.4 Å². The molecule has 8 nitrogen and oxygen atoms in total. The van der Waals surface area contributed by atoms with Gasteiger partial charge in [0.1, 0.15) is 0 Å². The van der Waals surface area contributed by atoms with Crippen LogP contribution in [0.4, 0.5) is 27.5 Å². The number of hydrogen-bond acceptors (Lipinski definition) is 5. The lowest BCUT2D eigenvalue weighted by Gasteiger charge is -2.18. The number of anilines is 4. The Labute approximate surface area is 179 Å². The van der Waals surface area contributed by atoms with Crippen molar-refractivity contribution in [2.45, 2.75) is 6.92 Å². The van der Waals surface area contributed by atoms with Crippen LogP contribution in [0.15, 0.2) is 42.5 Å². The van der Waals surface area contributed by atoms with Gasteiger partial charge in [0.15, 0.2) is 0 Å². The summed E-state index contributed by atoms with van der Waals surface area (Å²) in [7, 11) is 3.57. The predicted molar refractivity (Wildman–Crippen MR) is 120 cm³/mol. The Balaban J connectivity index is 2.02. The third kappa shape index (κ3) is 6.97. The molecule has 3 N–H and O–H groups in total. The number of carbonyl (C=O) groups excluding carboxylic acids is 3. The van der Waals surface area contributed by atoms with Crippen molar-refractivity contribution in [3.8, 4) is 0 Å². The van der Waals surface area contributed by atoms with Gasteiger partial charge in [-0.05, 0) is 56.6 Å². The first-order valence-electron chi connectivity index (χ1n) is 8.57. The van der Waals surface area contributed by atoms with E-state index >= 15 is 0 Å². The molecule has 4 amide bonds. The number of benzene rings is 2. The lowest BCUT2D eigenvalue weighted by atomic mass is 10.2. The molecule has 0 atom stereocenters. The molecule has 2 aromatic carbocycles. The van der Waals surface area contributed by atoms with Crippen molar-refractivity contribution in [1.82, 2.24) is 4.90 Å². The molecule has 10 heteroatoms. The zero-order valence-corrected chi connectivity index (χ0v) is 17.8. The predicted octanol–water partition coefficient (Wildman–Crippen LogP) is 3.68. The van der Waals surface area contributed by atoms with Crippen molar-refractivity contribution >= 4 is 65.0 Å². The Morgan fingerprint density at radius 1 is 0.966 bits per heavy atom. The van der Waals surface area contributed by atoms with E-state index in [4.69, 9.17) is 11.6 Å². The van der Waals surface area contributed by atoms with E-state index in [1.54, 1.807) is 55.4 Å². The average molecular weight is 436 g/mol. The van der Waals surface area contributed by atoms with Gasteiger partial charge in [-0.1, -0.05) is 24.4 Å². The van der Waals surface area contributed by atoms with Gasteiger partial charge in [0.2, 0.25) is 11.8 Å². The van der Waals surface area contributed by atoms with Crippen molar-refractivity contribution < 1.29 is 14.4 Å². The summed E-state index contributed by atoms with van der Waals surface area (Å²) in [6.45, 7) is 1.64. The van der Waals surface area contributed by atoms with Gasteiger partial charge in [-0.15, -0.1) is 0 Å². The van der Waals surface area contributed by atoms with E-state index in [2.05, 4.69) is 28.8 Å². The summed E-state index contributed by atoms with van der Waals surface area (Å²) in [6, 6.07) is 10.9. The molecule has 0 radical (unpaired) electrons. The fraction of sp³-hybridized carbons (Fsp3) is 0.211. The molecular weight excluding hydrogens is 414 g/mol. The smallest absolute Gasteiger partial charge is 0.326 e. The second-order valence-electron chi connectivity index (χ2n) is 6.45. The molecule has 0 aliphatic heterocycles. The molecular formula is C19H22ClN5O3S. The number of likely N-dealkylation sites (N-methyl/N-ethyl adjacent to an activating group) is 1. The molecule has 0 unspecified atom stereocenters. The van der Waals surface area contributed by atoms with E-state index in [-0.39, 0.29) is 23.4 Å². The molecule has 0 bridgehead atoms. The Morgan fingerprint density at radius 3 is 2.07 bits per heavy atom. The standard InChI is InChI=1S/C19H22ClN5O3S/c1-12(26)21-13-4-6-14(7-5-13)22-19(28)25(29)15-8-9-17(16(20)10-15)23-18(27)11-24(2)3/h4-10,29H,11H2,1-3H3,(H,21,26)(H,22,28)(H,23,27). The van der Waals surface area contributed by atoms with Gasteiger partial charge >= 0.3 is 6.03 Å². The van der Waals surface area contributed by atoms with Gasteiger partial charge < -0.3 is 20.9 Å². The summed E-state index contributed by atoms with van der Waals surface area (Å²) in [6.07, 6.45) is 0. The van der Waals surface area contributed by atoms with Crippen molar-refractivity contribution in [3.05, 3.63) is 47.5 Å². The molecule has 0 saturated heterocycles. The first kappa shape index (κ1) is 22.5. The number of carbonyl (C=O) groups is 3. The van der Waals surface area contributed by atoms with Crippen LogP contribution in [0.1, 0.15) is 6.92 Å². The summed E-state index contributed by atoms with van der Waals surface area (Å²) >= 11 is 10.4. The maximum absolute atomic E-state index is 12.4. The van der Waals surface area contributed by atoms with Crippen molar-refractivity contribution in [1.29, 1.82) is 0 Å². The molecule has 29 heavy (non-hydrogen) atoms. The molecule has 2 aromatic rings. The van der Waals surface area contributed by atoms with Crippen LogP contribution in [0.5, 0.6) is 0 Å². The zero-order valence-electron chi connectivity index (χ0n) is 16.2. The van der Waals surface area contributed by atoms with Gasteiger partial charge in [-0.25, -0.2) is 9.10 Å². The van der Waals surface area contributed by atoms with Crippen LogP contribution in [0.25, 0.3) is 0 Å². The zero-order chi connectivity index (χ0) is 21.6. The molecule has 154 valence electrons. The van der Waals surface area contributed by atoms with E-state index in [1.165, 1.54) is 13.0 Å². The largest absolute Gasteiger partial charge is 0.336 e. The van der Waals surface area contributed by atoms with Crippen molar-refractivity contribution in [3.63, 3.8) is 0 Å². The third-order valence-corrected chi connectivity index (χ3v) is 4.31. The highest BCUT2D eigenvalue weighted by molar-refractivity contribution is 7.82. The first-order chi connectivity index (χ1) is 13.7. The summed E-state index contributed by atoms with van der Waals surface area (Å²) < 4.78 is 1.10. The maximum Gasteiger partial charge on any atom is 0.336 e. The number of thiol groups is 1. The normalized spacial score (nSPS) is 10.4. The summed E-state index contributed by atoms with van der Waals surface area (Å²) in [5.41, 5.74) is 2.02. The van der Waals surface area contributed by atoms with Crippen molar-refractivity contribution in [2.24, 2.45) is 0 Å². The second-order valence-corrected chi connectivity index (χ2v) is 7.26. The molecule has 0 aliphatic rings. The van der Waals surface area contributed by atoms with Gasteiger partial charge in [0.25, 0.3) is 0 Å². The highest BCUT2D eigenvalue weighted by atomic mass is 35.5. The lowest BCUT2D eigenvalue weighted by Crippen LogP contribution is -2.28. The van der Waals surface area contributed by atoms with Crippen LogP contribution in [-0.4, -0.2) is 43.4 Å². The lowest BCUT2D eigenvalue weighted by molar-refractivity contribution is -0.117. The van der Waals surface area contributed by atoms with E-state index in [0.29, 0.717) is 22.7 Å². The minimum Gasteiger partial charge on any atom is -0.326 e. The number of amides is 4. The average Bonchev–Trinajstić information content (AvgIpc) is 2.63. The highest BCUT2D eigenvalue weighted by Crippen LogP contribution is 2.29. The van der Waals surface area contributed by atoms with Gasteiger partial charge in [-0.3, -0.25) is 9.59 Å². The van der Waals surface area contributed by atoms with Crippen LogP contribution in [-0.2, 0) is 9.59 Å². The van der Waals surface area contributed by atoms with Crippen molar-refractivity contribution in [2.75, 3.05) is 40.9 Å². The molecule has 0 saturated carbocycles. The minimum atomic E-state index is -0.499. The fourth-order valence-electron chi connectivity index (χ4n) is 2.35. The van der Waals surface area contributed by atoms with Crippen LogP contribution < -0.4 is 20.3 Å². The van der Waals surface area contributed by atoms with E-state index in [1.807, 2.05) is 0 Å². The highest BCUT2D eigenvalue weighted by Gasteiger charge is 2.15. The first-order valence-corrected chi connectivity index (χ1v) is 9.35. The van der Waals surface area contributed by atoms with Gasteiger partial charge in [0.05, 0.1) is 22.9 Å². The summed E-state index contributed by atoms with van der Waals surface area (Å²) in [4.78, 5) is 37.1. The third-order valence-electron chi connectivity index (χ3n) is 3.58. The molecule has 0 aromatic heterocycles. The second kappa shape index (κ2) is 10.1. The number of nitrogens with one attached hydrogen (secondary N) is 3. The Morgan fingerprint density at radius 2 is 1.55 bits per heavy atom. The monoisotopic (exact) mass is 435 g/mol. The maximum atomic E-state index is 12.4. The van der Waals surface area contributed by atoms with E-state index < -0.39 is 6.03 Å². The number of halogens is 1.